The summed E-state index contributed by atoms with van der Waals surface area (Å²) in [5, 5.41) is 8.65. The third-order valence-corrected chi connectivity index (χ3v) is 2.28. The van der Waals surface area contributed by atoms with E-state index in [1.807, 2.05) is 45.0 Å². The Morgan fingerprint density at radius 3 is 2.74 bits per heavy atom. The molecule has 0 saturated carbocycles. The highest BCUT2D eigenvalue weighted by atomic mass is 16.6. The highest BCUT2D eigenvalue weighted by Gasteiger charge is 2.15. The van der Waals surface area contributed by atoms with Crippen molar-refractivity contribution in [2.75, 3.05) is 6.61 Å². The molecule has 0 aliphatic heterocycles. The van der Waals surface area contributed by atoms with Gasteiger partial charge in [0.15, 0.2) is 0 Å². The predicted octanol–water partition coefficient (Wildman–Crippen LogP) is 2.30. The van der Waals surface area contributed by atoms with E-state index in [1.165, 1.54) is 0 Å². The van der Waals surface area contributed by atoms with Crippen LogP contribution in [0.3, 0.4) is 0 Å². The van der Waals surface area contributed by atoms with Gasteiger partial charge in [0.05, 0.1) is 0 Å². The first-order valence-corrected chi connectivity index (χ1v) is 6.31. The Kier molecular flexibility index (Phi) is 5.59. The molecule has 0 saturated heterocycles. The number of aryl methyl sites for hydroxylation is 1. The maximum absolute atomic E-state index is 11.6. The van der Waals surface area contributed by atoms with E-state index in [0.29, 0.717) is 12.8 Å². The highest BCUT2D eigenvalue weighted by Crippen LogP contribution is 2.11. The minimum Gasteiger partial charge on any atom is -0.460 e. The Bertz CT molecular complexity index is 487. The molecule has 3 nitrogen and oxygen atoms in total. The van der Waals surface area contributed by atoms with Gasteiger partial charge in [0.25, 0.3) is 0 Å². The van der Waals surface area contributed by atoms with Gasteiger partial charge < -0.3 is 9.84 Å². The van der Waals surface area contributed by atoms with E-state index in [9.17, 15) is 4.79 Å². The van der Waals surface area contributed by atoms with Gasteiger partial charge in [-0.1, -0.05) is 24.0 Å². The largest absolute Gasteiger partial charge is 0.460 e. The molecular formula is C16H20O3. The number of rotatable bonds is 3. The number of benzene rings is 1. The van der Waals surface area contributed by atoms with Gasteiger partial charge in [-0.15, -0.1) is 0 Å². The van der Waals surface area contributed by atoms with Gasteiger partial charge in [-0.25, -0.2) is 0 Å². The van der Waals surface area contributed by atoms with Gasteiger partial charge in [0, 0.05) is 12.0 Å². The molecule has 19 heavy (non-hydrogen) atoms. The standard InChI is InChI=1S/C16H20O3/c1-16(2,3)19-15(18)10-9-14-7-4-6-13(12-14)8-5-11-17/h4,6-7,12,17H,9-11H2,1-3H3. The van der Waals surface area contributed by atoms with Crippen LogP contribution in [-0.4, -0.2) is 23.3 Å². The molecule has 0 bridgehead atoms. The summed E-state index contributed by atoms with van der Waals surface area (Å²) in [6.45, 7) is 5.42. The van der Waals surface area contributed by atoms with Crippen molar-refractivity contribution in [3.05, 3.63) is 35.4 Å². The van der Waals surface area contributed by atoms with E-state index in [0.717, 1.165) is 11.1 Å². The number of aliphatic hydroxyl groups excluding tert-OH is 1. The summed E-state index contributed by atoms with van der Waals surface area (Å²) in [4.78, 5) is 11.6. The fourth-order valence-electron chi connectivity index (χ4n) is 1.59. The Morgan fingerprint density at radius 1 is 1.37 bits per heavy atom. The van der Waals surface area contributed by atoms with Crippen LogP contribution in [0.5, 0.6) is 0 Å². The van der Waals surface area contributed by atoms with Crippen molar-refractivity contribution in [2.24, 2.45) is 0 Å². The predicted molar refractivity (Wildman–Crippen MR) is 74.6 cm³/mol. The molecular weight excluding hydrogens is 240 g/mol. The van der Waals surface area contributed by atoms with E-state index in [-0.39, 0.29) is 12.6 Å². The SMILES string of the molecule is CC(C)(C)OC(=O)CCc1cccc(C#CCO)c1. The van der Waals surface area contributed by atoms with Crippen molar-refractivity contribution >= 4 is 5.97 Å². The van der Waals surface area contributed by atoms with Crippen LogP contribution in [0.4, 0.5) is 0 Å². The van der Waals surface area contributed by atoms with Crippen LogP contribution >= 0.6 is 0 Å². The number of esters is 1. The summed E-state index contributed by atoms with van der Waals surface area (Å²) in [6, 6.07) is 7.65. The topological polar surface area (TPSA) is 46.5 Å². The van der Waals surface area contributed by atoms with Crippen molar-refractivity contribution in [1.82, 2.24) is 0 Å². The second-order valence-corrected chi connectivity index (χ2v) is 5.25. The van der Waals surface area contributed by atoms with Crippen molar-refractivity contribution in [3.63, 3.8) is 0 Å². The second-order valence-electron chi connectivity index (χ2n) is 5.25. The van der Waals surface area contributed by atoms with Crippen molar-refractivity contribution < 1.29 is 14.6 Å². The number of aliphatic hydroxyl groups is 1. The lowest BCUT2D eigenvalue weighted by molar-refractivity contribution is -0.154. The number of ether oxygens (including phenoxy) is 1. The average molecular weight is 260 g/mol. The summed E-state index contributed by atoms with van der Waals surface area (Å²) in [5.74, 6) is 5.25. The van der Waals surface area contributed by atoms with Crippen LogP contribution in [0.25, 0.3) is 0 Å². The Labute approximate surface area is 114 Å². The molecule has 0 aromatic heterocycles. The minimum absolute atomic E-state index is 0.151. The molecule has 0 fully saturated rings. The normalized spacial score (nSPS) is 10.5. The lowest BCUT2D eigenvalue weighted by Crippen LogP contribution is -2.24. The zero-order valence-electron chi connectivity index (χ0n) is 11.7. The summed E-state index contributed by atoms with van der Waals surface area (Å²) < 4.78 is 5.25. The van der Waals surface area contributed by atoms with Crippen LogP contribution in [0.1, 0.15) is 38.3 Å². The smallest absolute Gasteiger partial charge is 0.306 e. The first-order chi connectivity index (χ1) is 8.90. The zero-order chi connectivity index (χ0) is 14.3. The molecule has 0 amide bonds. The van der Waals surface area contributed by atoms with E-state index >= 15 is 0 Å². The monoisotopic (exact) mass is 260 g/mol. The first-order valence-electron chi connectivity index (χ1n) is 6.31. The summed E-state index contributed by atoms with van der Waals surface area (Å²) >= 11 is 0. The zero-order valence-corrected chi connectivity index (χ0v) is 11.7. The fourth-order valence-corrected chi connectivity index (χ4v) is 1.59. The van der Waals surface area contributed by atoms with Gasteiger partial charge in [0.1, 0.15) is 12.2 Å². The summed E-state index contributed by atoms with van der Waals surface area (Å²) in [7, 11) is 0. The van der Waals surface area contributed by atoms with Crippen LogP contribution in [0.15, 0.2) is 24.3 Å². The average Bonchev–Trinajstić information content (AvgIpc) is 2.32. The third kappa shape index (κ3) is 6.64. The Morgan fingerprint density at radius 2 is 2.11 bits per heavy atom. The molecule has 0 aliphatic carbocycles. The lowest BCUT2D eigenvalue weighted by Gasteiger charge is -2.19. The van der Waals surface area contributed by atoms with Crippen LogP contribution < -0.4 is 0 Å². The van der Waals surface area contributed by atoms with Crippen LogP contribution in [0.2, 0.25) is 0 Å². The molecule has 3 heteroatoms. The molecule has 1 aromatic carbocycles. The molecule has 0 spiro atoms. The maximum atomic E-state index is 11.6. The van der Waals surface area contributed by atoms with Gasteiger partial charge in [-0.3, -0.25) is 4.79 Å². The van der Waals surface area contributed by atoms with Gasteiger partial charge >= 0.3 is 5.97 Å². The lowest BCUT2D eigenvalue weighted by atomic mass is 10.1. The first kappa shape index (κ1) is 15.3. The van der Waals surface area contributed by atoms with E-state index < -0.39 is 5.60 Å². The van der Waals surface area contributed by atoms with Crippen LogP contribution in [-0.2, 0) is 16.0 Å². The van der Waals surface area contributed by atoms with Gasteiger partial charge in [-0.2, -0.15) is 0 Å². The number of hydrogen-bond acceptors (Lipinski definition) is 3. The van der Waals surface area contributed by atoms with E-state index in [1.54, 1.807) is 0 Å². The molecule has 102 valence electrons. The molecule has 0 atom stereocenters. The molecule has 0 unspecified atom stereocenters. The minimum atomic E-state index is -0.439. The molecule has 0 heterocycles. The Hall–Kier alpha value is -1.79. The third-order valence-electron chi connectivity index (χ3n) is 2.28. The fraction of sp³-hybridized carbons (Fsp3) is 0.438. The van der Waals surface area contributed by atoms with E-state index in [2.05, 4.69) is 11.8 Å². The van der Waals surface area contributed by atoms with Crippen molar-refractivity contribution in [2.45, 2.75) is 39.2 Å². The second kappa shape index (κ2) is 6.96. The molecule has 0 aliphatic rings. The van der Waals surface area contributed by atoms with Crippen molar-refractivity contribution in [3.8, 4) is 11.8 Å². The number of carbonyl (C=O) groups excluding carboxylic acids is 1. The maximum Gasteiger partial charge on any atom is 0.306 e. The number of hydrogen-bond donors (Lipinski definition) is 1. The molecule has 1 aromatic rings. The molecule has 1 N–H and O–H groups in total. The Balaban J connectivity index is 2.56. The van der Waals surface area contributed by atoms with Crippen molar-refractivity contribution in [1.29, 1.82) is 0 Å². The summed E-state index contributed by atoms with van der Waals surface area (Å²) in [5.41, 5.74) is 1.44. The highest BCUT2D eigenvalue weighted by molar-refractivity contribution is 5.70. The van der Waals surface area contributed by atoms with Gasteiger partial charge in [-0.05, 0) is 44.9 Å². The van der Waals surface area contributed by atoms with Gasteiger partial charge in [0.2, 0.25) is 0 Å². The number of carbonyl (C=O) groups is 1. The van der Waals surface area contributed by atoms with Crippen LogP contribution in [0, 0.1) is 11.8 Å². The van der Waals surface area contributed by atoms with E-state index in [4.69, 9.17) is 9.84 Å². The molecule has 0 radical (unpaired) electrons. The molecule has 1 rings (SSSR count). The quantitative estimate of drug-likeness (QED) is 0.670. The summed E-state index contributed by atoms with van der Waals surface area (Å²) in [6.07, 6.45) is 0.984.